The van der Waals surface area contributed by atoms with Crippen molar-refractivity contribution in [2.45, 2.75) is 58.2 Å². The number of methoxy groups -OCH3 is 1. The van der Waals surface area contributed by atoms with Gasteiger partial charge in [0.25, 0.3) is 5.91 Å². The minimum absolute atomic E-state index is 0.0876. The summed E-state index contributed by atoms with van der Waals surface area (Å²) in [4.78, 5) is 19.5. The number of ether oxygens (including phenoxy) is 1. The van der Waals surface area contributed by atoms with Crippen LogP contribution in [0.1, 0.15) is 57.3 Å². The van der Waals surface area contributed by atoms with E-state index in [4.69, 9.17) is 4.74 Å². The van der Waals surface area contributed by atoms with Gasteiger partial charge in [-0.2, -0.15) is 0 Å². The van der Waals surface area contributed by atoms with Gasteiger partial charge in [0.15, 0.2) is 0 Å². The number of hydrogen-bond acceptors (Lipinski definition) is 3. The van der Waals surface area contributed by atoms with E-state index in [1.165, 1.54) is 5.30 Å². The third-order valence-electron chi connectivity index (χ3n) is 4.89. The first-order valence-electron chi connectivity index (χ1n) is 9.16. The zero-order chi connectivity index (χ0) is 18.2. The molecule has 0 aromatic heterocycles. The van der Waals surface area contributed by atoms with Crippen LogP contribution in [0.3, 0.4) is 0 Å². The fourth-order valence-electron chi connectivity index (χ4n) is 4.07. The summed E-state index contributed by atoms with van der Waals surface area (Å²) in [5, 5.41) is 1.37. The highest BCUT2D eigenvalue weighted by atomic mass is 31.1. The molecule has 1 saturated heterocycles. The number of carbonyl (C=O) groups excluding carboxylic acids is 1. The van der Waals surface area contributed by atoms with Gasteiger partial charge >= 0.3 is 0 Å². The summed E-state index contributed by atoms with van der Waals surface area (Å²) >= 11 is 0. The zero-order valence-corrected chi connectivity index (χ0v) is 16.9. The van der Waals surface area contributed by atoms with Gasteiger partial charge in [0.1, 0.15) is 5.75 Å². The van der Waals surface area contributed by atoms with Gasteiger partial charge in [-0.3, -0.25) is 9.79 Å². The molecule has 0 N–H and O–H groups in total. The van der Waals surface area contributed by atoms with Crippen molar-refractivity contribution < 1.29 is 9.53 Å². The molecule has 136 valence electrons. The summed E-state index contributed by atoms with van der Waals surface area (Å²) in [6.45, 7) is 9.96. The highest BCUT2D eigenvalue weighted by Gasteiger charge is 2.33. The molecule has 0 aliphatic carbocycles. The highest BCUT2D eigenvalue weighted by Crippen LogP contribution is 2.40. The largest absolute Gasteiger partial charge is 0.496 e. The minimum atomic E-state index is 0.0876. The van der Waals surface area contributed by atoms with E-state index >= 15 is 0 Å². The highest BCUT2D eigenvalue weighted by molar-refractivity contribution is 7.49. The van der Waals surface area contributed by atoms with Crippen molar-refractivity contribution in [1.29, 1.82) is 0 Å². The molecule has 1 fully saturated rings. The van der Waals surface area contributed by atoms with Crippen molar-refractivity contribution >= 4 is 31.7 Å². The first kappa shape index (κ1) is 18.4. The average molecular weight is 360 g/mol. The van der Waals surface area contributed by atoms with Gasteiger partial charge in [-0.05, 0) is 42.5 Å². The van der Waals surface area contributed by atoms with E-state index in [-0.39, 0.29) is 17.1 Å². The Kier molecular flexibility index (Phi) is 5.20. The molecular weight excluding hydrogens is 331 g/mol. The molecule has 5 heteroatoms. The molecule has 1 unspecified atom stereocenters. The molecular formula is C20H29N2O2P. The van der Waals surface area contributed by atoms with Crippen molar-refractivity contribution in [3.05, 3.63) is 17.7 Å². The molecule has 2 aliphatic heterocycles. The molecule has 2 heterocycles. The van der Waals surface area contributed by atoms with Crippen LogP contribution in [0.5, 0.6) is 5.75 Å². The molecule has 25 heavy (non-hydrogen) atoms. The van der Waals surface area contributed by atoms with E-state index in [1.807, 2.05) is 17.2 Å². The van der Waals surface area contributed by atoms with Crippen LogP contribution < -0.4 is 10.0 Å². The first-order chi connectivity index (χ1) is 11.8. The third-order valence-corrected chi connectivity index (χ3v) is 6.43. The van der Waals surface area contributed by atoms with Crippen molar-refractivity contribution in [2.24, 2.45) is 10.9 Å². The Morgan fingerprint density at radius 2 is 2.16 bits per heavy atom. The third kappa shape index (κ3) is 3.89. The van der Waals surface area contributed by atoms with Gasteiger partial charge in [-0.15, -0.1) is 0 Å². The van der Waals surface area contributed by atoms with E-state index in [0.29, 0.717) is 20.1 Å². The van der Waals surface area contributed by atoms with Crippen LogP contribution in [0, 0.1) is 5.92 Å². The van der Waals surface area contributed by atoms with E-state index in [9.17, 15) is 4.79 Å². The zero-order valence-electron chi connectivity index (χ0n) is 15.9. The molecule has 4 nitrogen and oxygen atoms in total. The minimum Gasteiger partial charge on any atom is -0.496 e. The predicted molar refractivity (Wildman–Crippen MR) is 107 cm³/mol. The van der Waals surface area contributed by atoms with Crippen molar-refractivity contribution in [1.82, 2.24) is 4.90 Å². The van der Waals surface area contributed by atoms with Gasteiger partial charge < -0.3 is 9.64 Å². The summed E-state index contributed by atoms with van der Waals surface area (Å²) in [7, 11) is 2.31. The lowest BCUT2D eigenvalue weighted by molar-refractivity contribution is 0.0774. The maximum atomic E-state index is 12.9. The molecule has 0 spiro atoms. The molecule has 1 aromatic carbocycles. The molecule has 0 radical (unpaired) electrons. The normalized spacial score (nSPS) is 20.3. The second-order valence-electron chi connectivity index (χ2n) is 8.16. The van der Waals surface area contributed by atoms with Crippen molar-refractivity contribution in [2.75, 3.05) is 13.7 Å². The van der Waals surface area contributed by atoms with E-state index in [0.717, 1.165) is 37.2 Å². The first-order valence-corrected chi connectivity index (χ1v) is 10.2. The number of nitrogens with zero attached hydrogens (tertiary/aromatic N) is 2. The second-order valence-corrected chi connectivity index (χ2v) is 10.3. The van der Waals surface area contributed by atoms with Gasteiger partial charge in [-0.25, -0.2) is 0 Å². The van der Waals surface area contributed by atoms with Crippen molar-refractivity contribution in [3.63, 3.8) is 0 Å². The fraction of sp³-hybridized carbons (Fsp3) is 0.600. The van der Waals surface area contributed by atoms with Gasteiger partial charge in [0, 0.05) is 18.1 Å². The number of benzene rings is 1. The van der Waals surface area contributed by atoms with Crippen molar-refractivity contribution in [3.8, 4) is 5.75 Å². The Hall–Kier alpha value is -1.41. The van der Waals surface area contributed by atoms with Gasteiger partial charge in [0.05, 0.1) is 24.4 Å². The predicted octanol–water partition coefficient (Wildman–Crippen LogP) is 4.14. The summed E-state index contributed by atoms with van der Waals surface area (Å²) in [5.74, 6) is 1.56. The smallest absolute Gasteiger partial charge is 0.256 e. The van der Waals surface area contributed by atoms with Crippen LogP contribution in [-0.2, 0) is 0 Å². The van der Waals surface area contributed by atoms with Crippen LogP contribution in [0.15, 0.2) is 17.1 Å². The molecule has 2 aliphatic rings. The maximum Gasteiger partial charge on any atom is 0.256 e. The second kappa shape index (κ2) is 7.07. The topological polar surface area (TPSA) is 41.9 Å². The molecule has 1 aromatic rings. The molecule has 0 saturated carbocycles. The van der Waals surface area contributed by atoms with E-state index in [2.05, 4.69) is 38.8 Å². The number of rotatable bonds is 5. The summed E-state index contributed by atoms with van der Waals surface area (Å²) in [6.07, 6.45) is 5.17. The lowest BCUT2D eigenvalue weighted by Crippen LogP contribution is -2.35. The fourth-order valence-corrected chi connectivity index (χ4v) is 5.82. The van der Waals surface area contributed by atoms with Gasteiger partial charge in [-0.1, -0.05) is 36.3 Å². The number of hydrogen-bond donors (Lipinski definition) is 0. The van der Waals surface area contributed by atoms with Crippen LogP contribution in [0.4, 0.5) is 5.69 Å². The Bertz CT molecular complexity index is 697. The number of fused-ring (bicyclic) bond motifs is 2. The Balaban J connectivity index is 1.97. The number of aliphatic imine (C=N–C) groups is 1. The standard InChI is InChI=1S/C20H29N2O2P/c1-13(2)11-20(3,4)25-18-10-16-15(9-17(18)24-5)19(23)22-8-6-7-14(22)12-21-16/h9-10,12-14,25H,6-8,11H2,1-5H3/t14-/m0/s1. The Morgan fingerprint density at radius 3 is 2.84 bits per heavy atom. The average Bonchev–Trinajstić information content (AvgIpc) is 2.94. The van der Waals surface area contributed by atoms with Crippen LogP contribution >= 0.6 is 8.58 Å². The lowest BCUT2D eigenvalue weighted by atomic mass is 10.00. The number of amides is 1. The maximum absolute atomic E-state index is 12.9. The van der Waals surface area contributed by atoms with Crippen LogP contribution in [-0.4, -0.2) is 41.9 Å². The molecule has 0 bridgehead atoms. The van der Waals surface area contributed by atoms with Crippen LogP contribution in [0.2, 0.25) is 0 Å². The number of carbonyl (C=O) groups is 1. The quantitative estimate of drug-likeness (QED) is 0.741. The molecule has 1 amide bonds. The van der Waals surface area contributed by atoms with Gasteiger partial charge in [0.2, 0.25) is 0 Å². The Labute approximate surface area is 152 Å². The summed E-state index contributed by atoms with van der Waals surface area (Å²) in [6, 6.07) is 4.13. The molecule has 2 atom stereocenters. The Morgan fingerprint density at radius 1 is 1.40 bits per heavy atom. The monoisotopic (exact) mass is 360 g/mol. The molecule has 3 rings (SSSR count). The SMILES string of the molecule is COc1cc2c(cc1PC(C)(C)CC(C)C)N=C[C@@H]1CCCN1C2=O. The summed E-state index contributed by atoms with van der Waals surface area (Å²) < 4.78 is 5.65. The van der Waals surface area contributed by atoms with E-state index < -0.39 is 0 Å². The van der Waals surface area contributed by atoms with E-state index in [1.54, 1.807) is 7.11 Å². The lowest BCUT2D eigenvalue weighted by Gasteiger charge is -2.28. The van der Waals surface area contributed by atoms with Crippen LogP contribution in [0.25, 0.3) is 0 Å². The summed E-state index contributed by atoms with van der Waals surface area (Å²) in [5.41, 5.74) is 1.47.